The molecule has 0 atom stereocenters. The quantitative estimate of drug-likeness (QED) is 0.278. The molecule has 2 heteroatoms. The zero-order valence-corrected chi connectivity index (χ0v) is 25.9. The van der Waals surface area contributed by atoms with Crippen LogP contribution in [0.5, 0.6) is 5.75 Å². The summed E-state index contributed by atoms with van der Waals surface area (Å²) in [6.07, 6.45) is 15.7. The summed E-state index contributed by atoms with van der Waals surface area (Å²) in [7, 11) is 0. The highest BCUT2D eigenvalue weighted by molar-refractivity contribution is 5.73. The molecule has 1 nitrogen and oxygen atoms in total. The van der Waals surface area contributed by atoms with Crippen LogP contribution in [0.15, 0.2) is 24.3 Å². The summed E-state index contributed by atoms with van der Waals surface area (Å²) in [6.45, 7) is 14.3. The van der Waals surface area contributed by atoms with Gasteiger partial charge >= 0.3 is 0 Å². The van der Waals surface area contributed by atoms with Crippen molar-refractivity contribution in [1.82, 2.24) is 0 Å². The maximum absolute atomic E-state index is 15.9. The van der Waals surface area contributed by atoms with Gasteiger partial charge in [-0.15, -0.1) is 0 Å². The maximum atomic E-state index is 15.9. The lowest BCUT2D eigenvalue weighted by Crippen LogP contribution is -2.24. The van der Waals surface area contributed by atoms with E-state index in [1.54, 1.807) is 0 Å². The summed E-state index contributed by atoms with van der Waals surface area (Å²) >= 11 is 0. The Kier molecular flexibility index (Phi) is 11.0. The molecular weight excluding hydrogens is 479 g/mol. The van der Waals surface area contributed by atoms with E-state index in [9.17, 15) is 0 Å². The average Bonchev–Trinajstić information content (AvgIpc) is 2.97. The maximum Gasteiger partial charge on any atom is 0.131 e. The summed E-state index contributed by atoms with van der Waals surface area (Å²) in [4.78, 5) is 0. The predicted octanol–water partition coefficient (Wildman–Crippen LogP) is 11.1. The van der Waals surface area contributed by atoms with Crippen LogP contribution in [0.2, 0.25) is 0 Å². The standard InChI is InChI=1S/C37H55FO/c1-7-26(8-2)24-39-37-27(9-3)22-35(32(10-4)33(37)11-5)34-21-20-31(23-36(34)38)30-18-16-29(17-19-30)28-14-12-25(6)13-15-28/h20-23,25-26,28-30H,7-19,24H2,1-6H3. The van der Waals surface area contributed by atoms with Crippen LogP contribution in [-0.2, 0) is 19.3 Å². The SMILES string of the molecule is CCc1cc(-c2ccc(C3CCC(C4CCC(C)CC4)CC3)cc2F)c(CC)c(CC)c1OCC(CC)CC. The van der Waals surface area contributed by atoms with Gasteiger partial charge in [0.25, 0.3) is 0 Å². The largest absolute Gasteiger partial charge is 0.493 e. The third-order valence-electron chi connectivity index (χ3n) is 10.5. The molecule has 2 fully saturated rings. The summed E-state index contributed by atoms with van der Waals surface area (Å²) in [5.74, 6) is 4.86. The van der Waals surface area contributed by atoms with Gasteiger partial charge in [0.05, 0.1) is 6.61 Å². The van der Waals surface area contributed by atoms with Gasteiger partial charge in [0.2, 0.25) is 0 Å². The lowest BCUT2D eigenvalue weighted by Gasteiger charge is -2.37. The van der Waals surface area contributed by atoms with Gasteiger partial charge < -0.3 is 4.74 Å². The predicted molar refractivity (Wildman–Crippen MR) is 165 cm³/mol. The van der Waals surface area contributed by atoms with Crippen molar-refractivity contribution in [2.75, 3.05) is 6.61 Å². The highest BCUT2D eigenvalue weighted by Crippen LogP contribution is 2.45. The van der Waals surface area contributed by atoms with Crippen molar-refractivity contribution in [1.29, 1.82) is 0 Å². The van der Waals surface area contributed by atoms with E-state index in [2.05, 4.69) is 59.7 Å². The van der Waals surface area contributed by atoms with Crippen LogP contribution in [0.1, 0.15) is 134 Å². The topological polar surface area (TPSA) is 9.23 Å². The van der Waals surface area contributed by atoms with Crippen molar-refractivity contribution >= 4 is 0 Å². The van der Waals surface area contributed by atoms with Gasteiger partial charge in [-0.05, 0) is 127 Å². The molecule has 0 spiro atoms. The van der Waals surface area contributed by atoms with Crippen molar-refractivity contribution in [2.45, 2.75) is 131 Å². The van der Waals surface area contributed by atoms with Crippen LogP contribution < -0.4 is 4.74 Å². The number of hydrogen-bond acceptors (Lipinski definition) is 1. The van der Waals surface area contributed by atoms with Crippen LogP contribution in [0, 0.1) is 29.5 Å². The van der Waals surface area contributed by atoms with Crippen molar-refractivity contribution in [3.8, 4) is 16.9 Å². The Morgan fingerprint density at radius 3 is 1.90 bits per heavy atom. The highest BCUT2D eigenvalue weighted by atomic mass is 19.1. The summed E-state index contributed by atoms with van der Waals surface area (Å²) in [6, 6.07) is 8.42. The van der Waals surface area contributed by atoms with Crippen LogP contribution >= 0.6 is 0 Å². The second-order valence-electron chi connectivity index (χ2n) is 12.8. The molecule has 0 aliphatic heterocycles. The van der Waals surface area contributed by atoms with Crippen LogP contribution in [0.3, 0.4) is 0 Å². The Labute approximate surface area is 239 Å². The highest BCUT2D eigenvalue weighted by Gasteiger charge is 2.31. The Morgan fingerprint density at radius 1 is 0.744 bits per heavy atom. The number of aryl methyl sites for hydroxylation is 1. The number of hydrogen-bond donors (Lipinski definition) is 0. The fourth-order valence-corrected chi connectivity index (χ4v) is 7.69. The van der Waals surface area contributed by atoms with E-state index >= 15 is 4.39 Å². The van der Waals surface area contributed by atoms with Crippen LogP contribution in [0.4, 0.5) is 4.39 Å². The van der Waals surface area contributed by atoms with Crippen molar-refractivity contribution in [3.05, 3.63) is 52.3 Å². The van der Waals surface area contributed by atoms with Crippen LogP contribution in [0.25, 0.3) is 11.1 Å². The van der Waals surface area contributed by atoms with Gasteiger partial charge in [-0.1, -0.05) is 79.4 Å². The number of halogens is 1. The normalized spacial score (nSPS) is 23.8. The fraction of sp³-hybridized carbons (Fsp3) is 0.676. The minimum atomic E-state index is -0.0552. The zero-order chi connectivity index (χ0) is 27.9. The molecule has 2 aromatic rings. The van der Waals surface area contributed by atoms with Crippen molar-refractivity contribution < 1.29 is 9.13 Å². The molecule has 0 unspecified atom stereocenters. The van der Waals surface area contributed by atoms with E-state index in [4.69, 9.17) is 4.74 Å². The molecule has 39 heavy (non-hydrogen) atoms. The smallest absolute Gasteiger partial charge is 0.131 e. The second kappa shape index (κ2) is 14.2. The van der Waals surface area contributed by atoms with E-state index in [0.29, 0.717) is 11.8 Å². The molecule has 216 valence electrons. The number of ether oxygens (including phenoxy) is 1. The van der Waals surface area contributed by atoms with E-state index in [0.717, 1.165) is 73.3 Å². The first-order valence-electron chi connectivity index (χ1n) is 16.5. The molecule has 0 heterocycles. The lowest BCUT2D eigenvalue weighted by molar-refractivity contribution is 0.165. The van der Waals surface area contributed by atoms with Crippen molar-refractivity contribution in [2.24, 2.45) is 23.7 Å². The van der Waals surface area contributed by atoms with Crippen LogP contribution in [-0.4, -0.2) is 6.61 Å². The van der Waals surface area contributed by atoms with E-state index in [-0.39, 0.29) is 5.82 Å². The molecule has 2 aliphatic carbocycles. The third kappa shape index (κ3) is 6.91. The second-order valence-corrected chi connectivity index (χ2v) is 12.8. The Balaban J connectivity index is 1.54. The van der Waals surface area contributed by atoms with Gasteiger partial charge in [-0.2, -0.15) is 0 Å². The third-order valence-corrected chi connectivity index (χ3v) is 10.5. The number of benzene rings is 2. The first-order valence-corrected chi connectivity index (χ1v) is 16.5. The Morgan fingerprint density at radius 2 is 1.36 bits per heavy atom. The molecule has 0 saturated heterocycles. The first kappa shape index (κ1) is 30.1. The molecule has 0 amide bonds. The molecule has 0 bridgehead atoms. The van der Waals surface area contributed by atoms with Gasteiger partial charge in [-0.3, -0.25) is 0 Å². The number of rotatable bonds is 11. The fourth-order valence-electron chi connectivity index (χ4n) is 7.69. The molecule has 0 N–H and O–H groups in total. The minimum Gasteiger partial charge on any atom is -0.493 e. The van der Waals surface area contributed by atoms with E-state index in [1.165, 1.54) is 73.6 Å². The summed E-state index contributed by atoms with van der Waals surface area (Å²) in [5.41, 5.74) is 6.78. The van der Waals surface area contributed by atoms with Crippen molar-refractivity contribution in [3.63, 3.8) is 0 Å². The first-order chi connectivity index (χ1) is 18.9. The molecule has 2 aliphatic rings. The minimum absolute atomic E-state index is 0.0552. The monoisotopic (exact) mass is 534 g/mol. The molecular formula is C37H55FO. The van der Waals surface area contributed by atoms with E-state index in [1.807, 2.05) is 6.07 Å². The Bertz CT molecular complexity index is 1050. The van der Waals surface area contributed by atoms with Gasteiger partial charge in [0.15, 0.2) is 0 Å². The molecule has 0 aromatic heterocycles. The lowest BCUT2D eigenvalue weighted by atomic mass is 9.68. The van der Waals surface area contributed by atoms with Gasteiger partial charge in [0, 0.05) is 5.56 Å². The van der Waals surface area contributed by atoms with Gasteiger partial charge in [0.1, 0.15) is 11.6 Å². The zero-order valence-electron chi connectivity index (χ0n) is 25.9. The Hall–Kier alpha value is -1.83. The summed E-state index contributed by atoms with van der Waals surface area (Å²) < 4.78 is 22.4. The molecule has 0 radical (unpaired) electrons. The molecule has 2 aromatic carbocycles. The van der Waals surface area contributed by atoms with E-state index < -0.39 is 0 Å². The molecule has 4 rings (SSSR count). The summed E-state index contributed by atoms with van der Waals surface area (Å²) in [5, 5.41) is 0. The molecule has 2 saturated carbocycles. The van der Waals surface area contributed by atoms with Gasteiger partial charge in [-0.25, -0.2) is 4.39 Å². The average molecular weight is 535 g/mol.